The molecule has 0 saturated carbocycles. The first-order valence-electron chi connectivity index (χ1n) is 2.22. The number of hydrogen-bond acceptors (Lipinski definition) is 3. The summed E-state index contributed by atoms with van der Waals surface area (Å²) >= 11 is 3.53. The molecule has 4 nitrogen and oxygen atoms in total. The maximum atomic E-state index is 10.1. The third-order valence-corrected chi connectivity index (χ3v) is 0.924. The number of aliphatic carboxylic acids is 1. The molecule has 52 valence electrons. The molecule has 5 heteroatoms. The minimum atomic E-state index is -1.16. The number of hydrogen-bond donors (Lipinski definition) is 3. The second-order valence-corrected chi connectivity index (χ2v) is 1.96. The minimum Gasteiger partial charge on any atom is -0.479 e. The largest absolute Gasteiger partial charge is 0.479 e. The van der Waals surface area contributed by atoms with Crippen molar-refractivity contribution >= 4 is 24.5 Å². The maximum Gasteiger partial charge on any atom is 0.336 e. The first-order valence-corrected chi connectivity index (χ1v) is 2.73. The number of amides is 1. The molecular weight excluding hydrogens is 142 g/mol. The van der Waals surface area contributed by atoms with E-state index in [4.69, 9.17) is 5.11 Å². The molecule has 0 aromatic heterocycles. The van der Waals surface area contributed by atoms with E-state index in [1.165, 1.54) is 6.92 Å². The topological polar surface area (TPSA) is 66.4 Å². The van der Waals surface area contributed by atoms with Crippen LogP contribution in [0.2, 0.25) is 0 Å². The fourth-order valence-corrected chi connectivity index (χ4v) is 0.436. The van der Waals surface area contributed by atoms with Gasteiger partial charge in [-0.25, -0.2) is 4.79 Å². The van der Waals surface area contributed by atoms with Crippen LogP contribution in [0.1, 0.15) is 6.92 Å². The molecule has 9 heavy (non-hydrogen) atoms. The third kappa shape index (κ3) is 3.84. The van der Waals surface area contributed by atoms with E-state index in [0.29, 0.717) is 0 Å². The fraction of sp³-hybridized carbons (Fsp3) is 0.500. The lowest BCUT2D eigenvalue weighted by Gasteiger charge is -2.03. The van der Waals surface area contributed by atoms with E-state index < -0.39 is 17.3 Å². The van der Waals surface area contributed by atoms with Crippen LogP contribution in [0.5, 0.6) is 0 Å². The van der Waals surface area contributed by atoms with Crippen LogP contribution in [-0.4, -0.2) is 22.4 Å². The average Bonchev–Trinajstić information content (AvgIpc) is 1.63. The van der Waals surface area contributed by atoms with Crippen molar-refractivity contribution < 1.29 is 14.7 Å². The van der Waals surface area contributed by atoms with Crippen molar-refractivity contribution in [2.24, 2.45) is 0 Å². The van der Waals surface area contributed by atoms with Crippen molar-refractivity contribution in [3.8, 4) is 0 Å². The normalized spacial score (nSPS) is 12.2. The van der Waals surface area contributed by atoms with Crippen LogP contribution in [0.15, 0.2) is 0 Å². The number of nitrogens with one attached hydrogen (secondary N) is 1. The Morgan fingerprint density at radius 1 is 1.67 bits per heavy atom. The van der Waals surface area contributed by atoms with Gasteiger partial charge in [0.05, 0.1) is 0 Å². The highest BCUT2D eigenvalue weighted by Crippen LogP contribution is 1.87. The summed E-state index contributed by atoms with van der Waals surface area (Å²) in [5.41, 5.74) is 0. The van der Waals surface area contributed by atoms with Gasteiger partial charge in [-0.3, -0.25) is 4.79 Å². The lowest BCUT2D eigenvalue weighted by molar-refractivity contribution is -0.138. The molecule has 1 unspecified atom stereocenters. The molecule has 0 rings (SSSR count). The van der Waals surface area contributed by atoms with Crippen LogP contribution in [0, 0.1) is 0 Å². The highest BCUT2D eigenvalue weighted by atomic mass is 32.1. The molecule has 0 radical (unpaired) electrons. The fourth-order valence-electron chi connectivity index (χ4n) is 0.254. The second-order valence-electron chi connectivity index (χ2n) is 1.44. The Morgan fingerprint density at radius 2 is 2.11 bits per heavy atom. The van der Waals surface area contributed by atoms with Gasteiger partial charge in [0, 0.05) is 6.92 Å². The lowest BCUT2D eigenvalue weighted by Crippen LogP contribution is -2.34. The molecule has 0 aromatic rings. The van der Waals surface area contributed by atoms with E-state index in [1.54, 1.807) is 0 Å². The molecule has 0 aromatic carbocycles. The Labute approximate surface area is 57.7 Å². The molecule has 0 aliphatic rings. The quantitative estimate of drug-likeness (QED) is 0.365. The number of carbonyl (C=O) groups is 2. The Bertz CT molecular complexity index is 136. The van der Waals surface area contributed by atoms with Gasteiger partial charge in [0.15, 0.2) is 5.37 Å². The smallest absolute Gasteiger partial charge is 0.336 e. The molecule has 0 aliphatic heterocycles. The number of carboxylic acid groups (broad SMARTS) is 1. The highest BCUT2D eigenvalue weighted by Gasteiger charge is 2.10. The zero-order valence-corrected chi connectivity index (χ0v) is 5.68. The van der Waals surface area contributed by atoms with Crippen molar-refractivity contribution in [3.05, 3.63) is 0 Å². The van der Waals surface area contributed by atoms with Gasteiger partial charge in [0.25, 0.3) is 0 Å². The van der Waals surface area contributed by atoms with Crippen LogP contribution in [0.3, 0.4) is 0 Å². The zero-order chi connectivity index (χ0) is 7.44. The average molecular weight is 149 g/mol. The number of rotatable bonds is 2. The summed E-state index contributed by atoms with van der Waals surface area (Å²) in [6.07, 6.45) is 0. The molecule has 0 saturated heterocycles. The van der Waals surface area contributed by atoms with Crippen LogP contribution in [0.25, 0.3) is 0 Å². The molecule has 0 fully saturated rings. The molecule has 0 spiro atoms. The van der Waals surface area contributed by atoms with Gasteiger partial charge >= 0.3 is 5.97 Å². The lowest BCUT2D eigenvalue weighted by atomic mass is 10.6. The van der Waals surface area contributed by atoms with E-state index >= 15 is 0 Å². The van der Waals surface area contributed by atoms with Crippen molar-refractivity contribution in [2.45, 2.75) is 12.3 Å². The first-order chi connectivity index (χ1) is 4.04. The van der Waals surface area contributed by atoms with Gasteiger partial charge in [-0.1, -0.05) is 0 Å². The second kappa shape index (κ2) is 3.34. The van der Waals surface area contributed by atoms with Crippen LogP contribution in [0.4, 0.5) is 0 Å². The summed E-state index contributed by atoms with van der Waals surface area (Å²) in [6.45, 7) is 1.23. The van der Waals surface area contributed by atoms with E-state index in [-0.39, 0.29) is 0 Å². The van der Waals surface area contributed by atoms with Gasteiger partial charge < -0.3 is 10.4 Å². The summed E-state index contributed by atoms with van der Waals surface area (Å²) in [4.78, 5) is 20.1. The first kappa shape index (κ1) is 8.29. The Morgan fingerprint density at radius 3 is 2.22 bits per heavy atom. The van der Waals surface area contributed by atoms with Crippen molar-refractivity contribution in [1.82, 2.24) is 5.32 Å². The Hall–Kier alpha value is -0.710. The Kier molecular flexibility index (Phi) is 3.08. The molecule has 0 heterocycles. The van der Waals surface area contributed by atoms with Crippen molar-refractivity contribution in [1.29, 1.82) is 0 Å². The third-order valence-electron chi connectivity index (χ3n) is 0.574. The summed E-state index contributed by atoms with van der Waals surface area (Å²) in [6, 6.07) is 0. The van der Waals surface area contributed by atoms with Crippen LogP contribution in [-0.2, 0) is 9.59 Å². The van der Waals surface area contributed by atoms with Gasteiger partial charge in [-0.15, -0.1) is 12.6 Å². The summed E-state index contributed by atoms with van der Waals surface area (Å²) < 4.78 is 0. The standard InChI is InChI=1S/C4H7NO3S/c1-2(6)5-3(9)4(7)8/h3,9H,1H3,(H,5,6)(H,7,8). The van der Waals surface area contributed by atoms with E-state index in [0.717, 1.165) is 0 Å². The molecule has 1 atom stereocenters. The SMILES string of the molecule is CC(=O)NC(S)C(=O)O. The van der Waals surface area contributed by atoms with Crippen molar-refractivity contribution in [2.75, 3.05) is 0 Å². The predicted octanol–water partition coefficient (Wildman–Crippen LogP) is -0.537. The molecule has 0 aliphatic carbocycles. The Balaban J connectivity index is 3.63. The van der Waals surface area contributed by atoms with Gasteiger partial charge in [0.1, 0.15) is 0 Å². The number of carbonyl (C=O) groups excluding carboxylic acids is 1. The number of thiol groups is 1. The summed E-state index contributed by atoms with van der Waals surface area (Å²) in [5, 5.41) is 9.11. The molecule has 1 amide bonds. The van der Waals surface area contributed by atoms with E-state index in [9.17, 15) is 9.59 Å². The van der Waals surface area contributed by atoms with Crippen LogP contribution < -0.4 is 5.32 Å². The zero-order valence-electron chi connectivity index (χ0n) is 4.79. The van der Waals surface area contributed by atoms with Gasteiger partial charge in [-0.05, 0) is 0 Å². The highest BCUT2D eigenvalue weighted by molar-refractivity contribution is 7.81. The molecular formula is C4H7NO3S. The van der Waals surface area contributed by atoms with Crippen LogP contribution >= 0.6 is 12.6 Å². The molecule has 0 bridgehead atoms. The predicted molar refractivity (Wildman–Crippen MR) is 34.2 cm³/mol. The monoisotopic (exact) mass is 149 g/mol. The van der Waals surface area contributed by atoms with Gasteiger partial charge in [0.2, 0.25) is 5.91 Å². The molecule has 2 N–H and O–H groups in total. The van der Waals surface area contributed by atoms with E-state index in [2.05, 4.69) is 17.9 Å². The minimum absolute atomic E-state index is 0.405. The van der Waals surface area contributed by atoms with Crippen molar-refractivity contribution in [3.63, 3.8) is 0 Å². The number of carboxylic acids is 1. The summed E-state index contributed by atoms with van der Waals surface area (Å²) in [7, 11) is 0. The maximum absolute atomic E-state index is 10.1. The van der Waals surface area contributed by atoms with E-state index in [1.807, 2.05) is 0 Å². The summed E-state index contributed by atoms with van der Waals surface area (Å²) in [5.74, 6) is -1.56. The van der Waals surface area contributed by atoms with Gasteiger partial charge in [-0.2, -0.15) is 0 Å².